The van der Waals surface area contributed by atoms with Crippen LogP contribution in [-0.2, 0) is 19.1 Å². The van der Waals surface area contributed by atoms with Gasteiger partial charge in [0.05, 0.1) is 7.11 Å². The van der Waals surface area contributed by atoms with Crippen molar-refractivity contribution in [2.75, 3.05) is 7.11 Å². The molecule has 124 valence electrons. The Labute approximate surface area is 133 Å². The van der Waals surface area contributed by atoms with Crippen LogP contribution in [0.25, 0.3) is 0 Å². The van der Waals surface area contributed by atoms with Gasteiger partial charge < -0.3 is 9.47 Å². The number of ether oxygens (including phenoxy) is 2. The molecule has 1 aliphatic rings. The molecule has 0 fully saturated rings. The fourth-order valence-electron chi connectivity index (χ4n) is 2.98. The highest BCUT2D eigenvalue weighted by Crippen LogP contribution is 2.40. The summed E-state index contributed by atoms with van der Waals surface area (Å²) in [5, 5.41) is 0. The van der Waals surface area contributed by atoms with Crippen molar-refractivity contribution >= 4 is 11.9 Å². The molecule has 0 heterocycles. The molecule has 1 unspecified atom stereocenters. The molecule has 4 heteroatoms. The Bertz CT molecular complexity index is 471. The van der Waals surface area contributed by atoms with Gasteiger partial charge in [-0.05, 0) is 49.7 Å². The first-order chi connectivity index (χ1) is 10.3. The zero-order chi connectivity index (χ0) is 16.8. The van der Waals surface area contributed by atoms with Gasteiger partial charge in [0.15, 0.2) is 0 Å². The Kier molecular flexibility index (Phi) is 6.85. The molecule has 0 aromatic carbocycles. The van der Waals surface area contributed by atoms with Crippen molar-refractivity contribution in [1.29, 1.82) is 0 Å². The fourth-order valence-corrected chi connectivity index (χ4v) is 2.98. The summed E-state index contributed by atoms with van der Waals surface area (Å²) >= 11 is 0. The molecular weight excluding hydrogens is 280 g/mol. The van der Waals surface area contributed by atoms with E-state index in [1.807, 2.05) is 6.08 Å². The first-order valence-corrected chi connectivity index (χ1v) is 7.88. The van der Waals surface area contributed by atoms with Gasteiger partial charge in [-0.15, -0.1) is 0 Å². The molecule has 0 saturated carbocycles. The largest absolute Gasteiger partial charge is 0.469 e. The van der Waals surface area contributed by atoms with Crippen LogP contribution < -0.4 is 0 Å². The Balaban J connectivity index is 2.82. The first kappa shape index (κ1) is 18.5. The van der Waals surface area contributed by atoms with Gasteiger partial charge in [-0.1, -0.05) is 25.5 Å². The lowest BCUT2D eigenvalue weighted by Crippen LogP contribution is -2.20. The van der Waals surface area contributed by atoms with Gasteiger partial charge in [0.25, 0.3) is 0 Å². The van der Waals surface area contributed by atoms with Crippen LogP contribution >= 0.6 is 0 Å². The van der Waals surface area contributed by atoms with Gasteiger partial charge in [0, 0.05) is 13.3 Å². The Morgan fingerprint density at radius 2 is 2.05 bits per heavy atom. The predicted molar refractivity (Wildman–Crippen MR) is 86.3 cm³/mol. The molecule has 0 aromatic heterocycles. The minimum absolute atomic E-state index is 0.141. The number of carbonyl (C=O) groups excluding carboxylic acids is 2. The Morgan fingerprint density at radius 3 is 2.59 bits per heavy atom. The van der Waals surface area contributed by atoms with Crippen molar-refractivity contribution < 1.29 is 19.1 Å². The van der Waals surface area contributed by atoms with E-state index in [0.717, 1.165) is 12.8 Å². The van der Waals surface area contributed by atoms with Crippen LogP contribution in [0, 0.1) is 5.41 Å². The highest BCUT2D eigenvalue weighted by molar-refractivity contribution is 5.69. The lowest BCUT2D eigenvalue weighted by Gasteiger charge is -2.33. The monoisotopic (exact) mass is 308 g/mol. The first-order valence-electron chi connectivity index (χ1n) is 7.88. The minimum Gasteiger partial charge on any atom is -0.469 e. The zero-order valence-electron chi connectivity index (χ0n) is 14.4. The molecule has 0 aromatic rings. The number of carbonyl (C=O) groups is 2. The second kappa shape index (κ2) is 8.16. The van der Waals surface area contributed by atoms with E-state index in [1.54, 1.807) is 0 Å². The Morgan fingerprint density at radius 1 is 1.36 bits per heavy atom. The van der Waals surface area contributed by atoms with Crippen molar-refractivity contribution in [3.05, 3.63) is 23.3 Å². The molecule has 1 rings (SSSR count). The summed E-state index contributed by atoms with van der Waals surface area (Å²) in [4.78, 5) is 22.5. The smallest absolute Gasteiger partial charge is 0.305 e. The lowest BCUT2D eigenvalue weighted by atomic mass is 9.72. The van der Waals surface area contributed by atoms with Gasteiger partial charge in [0.2, 0.25) is 0 Å². The summed E-state index contributed by atoms with van der Waals surface area (Å²) in [5.41, 5.74) is 2.85. The van der Waals surface area contributed by atoms with E-state index in [0.29, 0.717) is 6.42 Å². The molecule has 1 aliphatic carbocycles. The molecule has 4 nitrogen and oxygen atoms in total. The number of allylic oxidation sites excluding steroid dienone is 3. The van der Waals surface area contributed by atoms with Crippen molar-refractivity contribution in [2.24, 2.45) is 5.41 Å². The van der Waals surface area contributed by atoms with Crippen LogP contribution in [0.15, 0.2) is 23.3 Å². The van der Waals surface area contributed by atoms with Crippen LogP contribution in [0.4, 0.5) is 0 Å². The molecule has 0 saturated heterocycles. The van der Waals surface area contributed by atoms with E-state index in [9.17, 15) is 9.59 Å². The van der Waals surface area contributed by atoms with E-state index < -0.39 is 6.10 Å². The molecule has 0 spiro atoms. The molecular formula is C18H28O4. The third-order valence-electron chi connectivity index (χ3n) is 4.20. The van der Waals surface area contributed by atoms with Crippen LogP contribution in [0.2, 0.25) is 0 Å². The summed E-state index contributed by atoms with van der Waals surface area (Å²) in [6.45, 7) is 8.03. The molecule has 0 N–H and O–H groups in total. The summed E-state index contributed by atoms with van der Waals surface area (Å²) in [7, 11) is 1.36. The van der Waals surface area contributed by atoms with Gasteiger partial charge in [-0.3, -0.25) is 9.59 Å². The normalized spacial score (nSPS) is 19.1. The fraction of sp³-hybridized carbons (Fsp3) is 0.667. The molecule has 1 atom stereocenters. The molecule has 0 radical (unpaired) electrons. The zero-order valence-corrected chi connectivity index (χ0v) is 14.4. The highest BCUT2D eigenvalue weighted by atomic mass is 16.5. The van der Waals surface area contributed by atoms with Gasteiger partial charge in [-0.25, -0.2) is 0 Å². The van der Waals surface area contributed by atoms with E-state index in [-0.39, 0.29) is 23.8 Å². The summed E-state index contributed by atoms with van der Waals surface area (Å²) in [6, 6.07) is 0. The van der Waals surface area contributed by atoms with Crippen molar-refractivity contribution in [2.45, 2.75) is 65.9 Å². The number of rotatable bonds is 6. The molecule has 22 heavy (non-hydrogen) atoms. The topological polar surface area (TPSA) is 52.6 Å². The predicted octanol–water partition coefficient (Wildman–Crippen LogP) is 3.95. The maximum Gasteiger partial charge on any atom is 0.305 e. The van der Waals surface area contributed by atoms with Crippen molar-refractivity contribution in [3.8, 4) is 0 Å². The van der Waals surface area contributed by atoms with Gasteiger partial charge in [0.1, 0.15) is 6.10 Å². The van der Waals surface area contributed by atoms with Crippen LogP contribution in [0.1, 0.15) is 59.8 Å². The van der Waals surface area contributed by atoms with E-state index in [2.05, 4.69) is 31.6 Å². The van der Waals surface area contributed by atoms with Gasteiger partial charge in [-0.2, -0.15) is 0 Å². The quantitative estimate of drug-likeness (QED) is 0.697. The molecule has 0 amide bonds. The third-order valence-corrected chi connectivity index (χ3v) is 4.20. The molecule has 0 aliphatic heterocycles. The number of hydrogen-bond acceptors (Lipinski definition) is 4. The average Bonchev–Trinajstić information content (AvgIpc) is 2.42. The second-order valence-corrected chi connectivity index (χ2v) is 6.55. The van der Waals surface area contributed by atoms with E-state index >= 15 is 0 Å². The van der Waals surface area contributed by atoms with E-state index in [1.165, 1.54) is 31.6 Å². The van der Waals surface area contributed by atoms with Crippen LogP contribution in [0.5, 0.6) is 0 Å². The van der Waals surface area contributed by atoms with Crippen molar-refractivity contribution in [3.63, 3.8) is 0 Å². The maximum atomic E-state index is 11.3. The van der Waals surface area contributed by atoms with Crippen LogP contribution in [0.3, 0.4) is 0 Å². The van der Waals surface area contributed by atoms with Gasteiger partial charge >= 0.3 is 11.9 Å². The average molecular weight is 308 g/mol. The highest BCUT2D eigenvalue weighted by Gasteiger charge is 2.26. The summed E-state index contributed by atoms with van der Waals surface area (Å²) in [6.07, 6.45) is 7.74. The number of methoxy groups -OCH3 is 1. The van der Waals surface area contributed by atoms with Crippen LogP contribution in [-0.4, -0.2) is 25.2 Å². The minimum atomic E-state index is -0.394. The van der Waals surface area contributed by atoms with E-state index in [4.69, 9.17) is 4.74 Å². The van der Waals surface area contributed by atoms with Crippen molar-refractivity contribution in [1.82, 2.24) is 0 Å². The SMILES string of the molecule is COC(=O)CCC(C=CC1=C(C)CCCC1(C)C)OC(C)=O. The molecule has 0 bridgehead atoms. The number of esters is 2. The Hall–Kier alpha value is -1.58. The second-order valence-electron chi connectivity index (χ2n) is 6.55. The summed E-state index contributed by atoms with van der Waals surface area (Å²) < 4.78 is 9.92. The summed E-state index contributed by atoms with van der Waals surface area (Å²) in [5.74, 6) is -0.632. The lowest BCUT2D eigenvalue weighted by molar-refractivity contribution is -0.147. The standard InChI is InChI=1S/C18H28O4/c1-13-7-6-12-18(3,4)16(13)10-8-15(22-14(2)19)9-11-17(20)21-5/h8,10,15H,6-7,9,11-12H2,1-5H3. The number of hydrogen-bond donors (Lipinski definition) is 0. The maximum absolute atomic E-state index is 11.3. The third kappa shape index (κ3) is 5.66.